The van der Waals surface area contributed by atoms with Gasteiger partial charge in [0.15, 0.2) is 0 Å². The smallest absolute Gasteiger partial charge is 0.417 e. The summed E-state index contributed by atoms with van der Waals surface area (Å²) in [6, 6.07) is 6.29. The van der Waals surface area contributed by atoms with E-state index >= 15 is 0 Å². The number of hydrogen-bond acceptors (Lipinski definition) is 5. The zero-order chi connectivity index (χ0) is 21.0. The lowest BCUT2D eigenvalue weighted by molar-refractivity contribution is -0.137. The molecule has 3 rings (SSSR count). The van der Waals surface area contributed by atoms with Crippen molar-refractivity contribution in [1.82, 2.24) is 15.0 Å². The first-order valence-corrected chi connectivity index (χ1v) is 8.48. The highest BCUT2D eigenvalue weighted by molar-refractivity contribution is 6.31. The first-order valence-electron chi connectivity index (χ1n) is 8.10. The second-order valence-corrected chi connectivity index (χ2v) is 6.09. The van der Waals surface area contributed by atoms with Gasteiger partial charge in [-0.05, 0) is 30.3 Å². The van der Waals surface area contributed by atoms with E-state index in [4.69, 9.17) is 21.1 Å². The average Bonchev–Trinajstić information content (AvgIpc) is 2.66. The highest BCUT2D eigenvalue weighted by Gasteiger charge is 2.33. The van der Waals surface area contributed by atoms with Crippen LogP contribution in [0.3, 0.4) is 0 Å². The predicted octanol–water partition coefficient (Wildman–Crippen LogP) is 4.39. The molecule has 0 aliphatic rings. The number of ether oxygens (including phenoxy) is 2. The fraction of sp³-hybridized carbons (Fsp3) is 0.167. The highest BCUT2D eigenvalue weighted by atomic mass is 35.5. The Hall–Kier alpha value is -3.14. The molecular weight excluding hydrogens is 418 g/mol. The largest absolute Gasteiger partial charge is 0.475 e. The van der Waals surface area contributed by atoms with Crippen LogP contribution in [0.1, 0.15) is 11.3 Å². The van der Waals surface area contributed by atoms with E-state index in [9.17, 15) is 22.4 Å². The lowest BCUT2D eigenvalue weighted by Gasteiger charge is -2.12. The molecule has 0 radical (unpaired) electrons. The third kappa shape index (κ3) is 5.44. The molecule has 0 saturated carbocycles. The van der Waals surface area contributed by atoms with Crippen molar-refractivity contribution >= 4 is 11.6 Å². The Morgan fingerprint density at radius 2 is 1.90 bits per heavy atom. The van der Waals surface area contributed by atoms with Gasteiger partial charge in [0.25, 0.3) is 5.88 Å². The quantitative estimate of drug-likeness (QED) is 0.588. The van der Waals surface area contributed by atoms with Gasteiger partial charge in [0, 0.05) is 18.3 Å². The molecule has 2 heterocycles. The molecule has 6 nitrogen and oxygen atoms in total. The zero-order valence-corrected chi connectivity index (χ0v) is 15.2. The minimum Gasteiger partial charge on any atom is -0.475 e. The van der Waals surface area contributed by atoms with Gasteiger partial charge in [0.1, 0.15) is 11.5 Å². The number of alkyl halides is 3. The van der Waals surface area contributed by atoms with Gasteiger partial charge < -0.3 is 14.5 Å². The van der Waals surface area contributed by atoms with Crippen LogP contribution in [0.5, 0.6) is 17.4 Å². The molecule has 11 heteroatoms. The molecule has 0 amide bonds. The summed E-state index contributed by atoms with van der Waals surface area (Å²) in [5.74, 6) is -1.05. The molecule has 0 atom stereocenters. The summed E-state index contributed by atoms with van der Waals surface area (Å²) < 4.78 is 62.6. The summed E-state index contributed by atoms with van der Waals surface area (Å²) in [6.45, 7) is 0.00665. The van der Waals surface area contributed by atoms with Crippen LogP contribution < -0.4 is 15.2 Å². The van der Waals surface area contributed by atoms with Crippen LogP contribution in [-0.4, -0.2) is 21.6 Å². The van der Waals surface area contributed by atoms with Crippen molar-refractivity contribution < 1.29 is 27.0 Å². The number of rotatable bonds is 6. The summed E-state index contributed by atoms with van der Waals surface area (Å²) in [4.78, 5) is 20.6. The van der Waals surface area contributed by atoms with Gasteiger partial charge in [-0.3, -0.25) is 4.98 Å². The maximum atomic E-state index is 13.4. The number of pyridine rings is 1. The van der Waals surface area contributed by atoms with E-state index in [2.05, 4.69) is 15.0 Å². The highest BCUT2D eigenvalue weighted by Crippen LogP contribution is 2.37. The van der Waals surface area contributed by atoms with Crippen molar-refractivity contribution in [2.24, 2.45) is 0 Å². The van der Waals surface area contributed by atoms with E-state index in [1.807, 2.05) is 0 Å². The fourth-order valence-electron chi connectivity index (χ4n) is 2.26. The fourth-order valence-corrected chi connectivity index (χ4v) is 2.48. The minimum atomic E-state index is -4.60. The normalized spacial score (nSPS) is 11.3. The molecule has 152 valence electrons. The Balaban J connectivity index is 1.60. The molecule has 0 aliphatic heterocycles. The number of nitrogens with zero attached hydrogens (tertiary/aromatic N) is 2. The van der Waals surface area contributed by atoms with Crippen LogP contribution in [0.25, 0.3) is 0 Å². The second kappa shape index (κ2) is 8.48. The third-order valence-corrected chi connectivity index (χ3v) is 3.93. The van der Waals surface area contributed by atoms with Crippen molar-refractivity contribution in [2.75, 3.05) is 6.61 Å². The molecule has 0 fully saturated rings. The van der Waals surface area contributed by atoms with Gasteiger partial charge >= 0.3 is 11.9 Å². The number of H-pyrrole nitrogens is 1. The average molecular weight is 430 g/mol. The Bertz CT molecular complexity index is 1060. The molecule has 2 aromatic heterocycles. The van der Waals surface area contributed by atoms with Crippen molar-refractivity contribution in [3.63, 3.8) is 0 Å². The van der Waals surface area contributed by atoms with E-state index in [1.54, 1.807) is 6.07 Å². The number of aromatic nitrogens is 3. The number of halogens is 5. The van der Waals surface area contributed by atoms with Gasteiger partial charge in [-0.2, -0.15) is 22.5 Å². The molecule has 0 bridgehead atoms. The zero-order valence-electron chi connectivity index (χ0n) is 14.5. The Morgan fingerprint density at radius 3 is 2.59 bits per heavy atom. The van der Waals surface area contributed by atoms with Gasteiger partial charge in [-0.25, -0.2) is 4.79 Å². The molecule has 1 N–H and O–H groups in total. The maximum Gasteiger partial charge on any atom is 0.417 e. The van der Waals surface area contributed by atoms with Crippen molar-refractivity contribution in [2.45, 2.75) is 12.6 Å². The van der Waals surface area contributed by atoms with Crippen LogP contribution in [0.4, 0.5) is 17.6 Å². The lowest BCUT2D eigenvalue weighted by Crippen LogP contribution is -2.14. The molecule has 0 aliphatic carbocycles. The summed E-state index contributed by atoms with van der Waals surface area (Å²) in [5.41, 5.74) is -1.19. The molecule has 0 spiro atoms. The van der Waals surface area contributed by atoms with Crippen LogP contribution in [-0.2, 0) is 12.6 Å². The van der Waals surface area contributed by atoms with E-state index in [1.165, 1.54) is 18.3 Å². The van der Waals surface area contributed by atoms with Crippen LogP contribution in [0, 0.1) is 5.82 Å². The SMILES string of the molecule is O=c1nc(OCCc2ccc(Oc3ccc(Cl)c(C(F)(F)F)c3)cn2)c(F)c[nH]1. The Morgan fingerprint density at radius 1 is 1.14 bits per heavy atom. The summed E-state index contributed by atoms with van der Waals surface area (Å²) in [7, 11) is 0. The van der Waals surface area contributed by atoms with Crippen LogP contribution >= 0.6 is 11.6 Å². The molecule has 29 heavy (non-hydrogen) atoms. The van der Waals surface area contributed by atoms with Crippen LogP contribution in [0.2, 0.25) is 5.02 Å². The summed E-state index contributed by atoms with van der Waals surface area (Å²) in [5, 5.41) is -0.426. The third-order valence-electron chi connectivity index (χ3n) is 3.60. The summed E-state index contributed by atoms with van der Waals surface area (Å²) in [6.07, 6.45) is -2.16. The second-order valence-electron chi connectivity index (χ2n) is 5.68. The van der Waals surface area contributed by atoms with Crippen molar-refractivity contribution in [1.29, 1.82) is 0 Å². The van der Waals surface area contributed by atoms with E-state index < -0.39 is 34.1 Å². The molecule has 0 unspecified atom stereocenters. The minimum absolute atomic E-state index is 0.00665. The summed E-state index contributed by atoms with van der Waals surface area (Å²) >= 11 is 5.57. The van der Waals surface area contributed by atoms with Crippen molar-refractivity contribution in [3.8, 4) is 17.4 Å². The maximum absolute atomic E-state index is 13.4. The lowest BCUT2D eigenvalue weighted by atomic mass is 10.2. The first-order chi connectivity index (χ1) is 13.7. The Kier molecular flexibility index (Phi) is 6.02. The number of hydrogen-bond donors (Lipinski definition) is 1. The van der Waals surface area contributed by atoms with E-state index in [0.29, 0.717) is 5.69 Å². The molecule has 1 aromatic carbocycles. The molecule has 0 saturated heterocycles. The first kappa shape index (κ1) is 20.6. The molecular formula is C18H12ClF4N3O3. The van der Waals surface area contributed by atoms with E-state index in [0.717, 1.165) is 18.3 Å². The number of benzene rings is 1. The van der Waals surface area contributed by atoms with Gasteiger partial charge in [0.05, 0.1) is 23.4 Å². The van der Waals surface area contributed by atoms with Crippen molar-refractivity contribution in [3.05, 3.63) is 75.3 Å². The predicted molar refractivity (Wildman–Crippen MR) is 94.8 cm³/mol. The number of nitrogens with one attached hydrogen (secondary N) is 1. The topological polar surface area (TPSA) is 77.1 Å². The number of aromatic amines is 1. The monoisotopic (exact) mass is 429 g/mol. The van der Waals surface area contributed by atoms with Crippen LogP contribution in [0.15, 0.2) is 47.5 Å². The van der Waals surface area contributed by atoms with Gasteiger partial charge in [-0.1, -0.05) is 11.6 Å². The van der Waals surface area contributed by atoms with E-state index in [-0.39, 0.29) is 24.5 Å². The standard InChI is InChI=1S/C18H12ClF4N3O3/c19-14-4-3-11(7-13(14)18(21,22)23)29-12-2-1-10(24-8-12)5-6-28-16-15(20)9-25-17(27)26-16/h1-4,7-9H,5-6H2,(H,25,26,27). The van der Waals surface area contributed by atoms with Gasteiger partial charge in [-0.15, -0.1) is 0 Å². The molecule has 3 aromatic rings. The Labute approximate surface area is 166 Å². The van der Waals surface area contributed by atoms with Gasteiger partial charge in [0.2, 0.25) is 5.82 Å².